The fraction of sp³-hybridized carbons (Fsp3) is 0.0625. The number of aryl methyl sites for hydroxylation is 1. The molecular weight excluding hydrogens is 591 g/mol. The second kappa shape index (κ2) is 14.8. The smallest absolute Gasteiger partial charge is 0.0701 e. The summed E-state index contributed by atoms with van der Waals surface area (Å²) in [4.78, 5) is 5.19. The molecule has 0 radical (unpaired) electrons. The van der Waals surface area contributed by atoms with E-state index in [1.54, 1.807) is 0 Å². The monoisotopic (exact) mass is 629 g/mol. The topological polar surface area (TPSA) is 12.4 Å². The van der Waals surface area contributed by atoms with Crippen LogP contribution in [0.3, 0.4) is 0 Å². The largest absolute Gasteiger partial charge is 0.280 e. The van der Waals surface area contributed by atoms with Crippen LogP contribution in [-0.2, 0) is 12.0 Å². The van der Waals surface area contributed by atoms with Gasteiger partial charge >= 0.3 is 0 Å². The average molecular weight is 630 g/mol. The summed E-state index contributed by atoms with van der Waals surface area (Å²) in [7, 11) is 0. The summed E-state index contributed by atoms with van der Waals surface area (Å²) >= 11 is 0. The number of nitrogens with zero attached hydrogens (tertiary/aromatic N) is 1. The van der Waals surface area contributed by atoms with Crippen molar-refractivity contribution in [2.45, 2.75) is 18.9 Å². The minimum Gasteiger partial charge on any atom is -0.280 e. The molecule has 0 unspecified atom stereocenters. The second-order valence-corrected chi connectivity index (χ2v) is 12.4. The Morgan fingerprint density at radius 2 is 0.898 bits per heavy atom. The summed E-state index contributed by atoms with van der Waals surface area (Å²) in [5.41, 5.74) is 12.5. The maximum atomic E-state index is 5.19. The van der Waals surface area contributed by atoms with Gasteiger partial charge in [0.05, 0.1) is 17.7 Å². The molecule has 0 bridgehead atoms. The first kappa shape index (κ1) is 31.5. The first-order valence-corrected chi connectivity index (χ1v) is 16.9. The van der Waals surface area contributed by atoms with Gasteiger partial charge in [-0.1, -0.05) is 206 Å². The van der Waals surface area contributed by atoms with Gasteiger partial charge in [-0.3, -0.25) is 4.99 Å². The maximum absolute atomic E-state index is 5.19. The molecule has 0 saturated heterocycles. The minimum absolute atomic E-state index is 0.487. The molecular formula is C48H39N. The molecule has 0 amide bonds. The number of rotatable bonds is 10. The minimum atomic E-state index is -0.487. The zero-order valence-electron chi connectivity index (χ0n) is 27.8. The third-order valence-corrected chi connectivity index (χ3v) is 9.24. The van der Waals surface area contributed by atoms with Crippen LogP contribution in [0, 0.1) is 6.92 Å². The van der Waals surface area contributed by atoms with Gasteiger partial charge in [-0.25, -0.2) is 0 Å². The molecule has 7 aromatic carbocycles. The Morgan fingerprint density at radius 3 is 1.39 bits per heavy atom. The van der Waals surface area contributed by atoms with Crippen LogP contribution >= 0.6 is 0 Å². The van der Waals surface area contributed by atoms with Gasteiger partial charge in [0, 0.05) is 0 Å². The van der Waals surface area contributed by atoms with E-state index >= 15 is 0 Å². The van der Waals surface area contributed by atoms with Crippen molar-refractivity contribution < 1.29 is 0 Å². The summed E-state index contributed by atoms with van der Waals surface area (Å²) in [6.07, 6.45) is 4.29. The van der Waals surface area contributed by atoms with Crippen molar-refractivity contribution in [2.75, 3.05) is 0 Å². The van der Waals surface area contributed by atoms with Gasteiger partial charge in [-0.2, -0.15) is 0 Å². The molecule has 7 aromatic rings. The van der Waals surface area contributed by atoms with Crippen LogP contribution in [0.25, 0.3) is 17.2 Å². The molecule has 236 valence electrons. The summed E-state index contributed by atoms with van der Waals surface area (Å²) in [5.74, 6) is 0. The molecule has 1 heteroatoms. The number of allylic oxidation sites excluding steroid dienone is 1. The van der Waals surface area contributed by atoms with Crippen LogP contribution in [0.5, 0.6) is 0 Å². The highest BCUT2D eigenvalue weighted by Crippen LogP contribution is 2.45. The van der Waals surface area contributed by atoms with Crippen LogP contribution in [0.2, 0.25) is 0 Å². The quantitative estimate of drug-likeness (QED) is 0.105. The van der Waals surface area contributed by atoms with E-state index in [-0.39, 0.29) is 0 Å². The van der Waals surface area contributed by atoms with Crippen LogP contribution in [0.4, 0.5) is 0 Å². The molecule has 0 aliphatic carbocycles. The summed E-state index contributed by atoms with van der Waals surface area (Å²) in [6, 6.07) is 69.4. The van der Waals surface area contributed by atoms with Crippen LogP contribution in [-0.4, -0.2) is 5.71 Å². The molecule has 0 atom stereocenters. The third kappa shape index (κ3) is 6.98. The van der Waals surface area contributed by atoms with Gasteiger partial charge in [0.2, 0.25) is 0 Å². The molecule has 0 aromatic heterocycles. The average Bonchev–Trinajstić information content (AvgIpc) is 3.18. The van der Waals surface area contributed by atoms with E-state index in [2.05, 4.69) is 207 Å². The molecule has 49 heavy (non-hydrogen) atoms. The number of aliphatic imine (C=N–C) groups is 1. The second-order valence-electron chi connectivity index (χ2n) is 12.4. The van der Waals surface area contributed by atoms with E-state index in [9.17, 15) is 0 Å². The van der Waals surface area contributed by atoms with E-state index in [4.69, 9.17) is 4.99 Å². The molecule has 1 nitrogen and oxygen atoms in total. The zero-order valence-corrected chi connectivity index (χ0v) is 27.8. The summed E-state index contributed by atoms with van der Waals surface area (Å²) in [6.45, 7) is 2.71. The van der Waals surface area contributed by atoms with E-state index in [1.165, 1.54) is 44.5 Å². The van der Waals surface area contributed by atoms with E-state index < -0.39 is 5.41 Å². The van der Waals surface area contributed by atoms with E-state index in [1.807, 2.05) is 6.07 Å². The predicted octanol–water partition coefficient (Wildman–Crippen LogP) is 11.7. The van der Waals surface area contributed by atoms with Crippen molar-refractivity contribution in [1.29, 1.82) is 0 Å². The molecule has 0 fully saturated rings. The Kier molecular flexibility index (Phi) is 9.53. The highest BCUT2D eigenvalue weighted by Gasteiger charge is 2.38. The summed E-state index contributed by atoms with van der Waals surface area (Å²) in [5, 5.41) is 0. The van der Waals surface area contributed by atoms with Crippen molar-refractivity contribution in [3.63, 3.8) is 0 Å². The van der Waals surface area contributed by atoms with Gasteiger partial charge < -0.3 is 0 Å². The lowest BCUT2D eigenvalue weighted by Crippen LogP contribution is -2.31. The van der Waals surface area contributed by atoms with Crippen molar-refractivity contribution in [1.82, 2.24) is 0 Å². The Balaban J connectivity index is 1.28. The van der Waals surface area contributed by atoms with E-state index in [0.29, 0.717) is 6.54 Å². The Hall–Kier alpha value is -6.05. The molecule has 7 rings (SSSR count). The van der Waals surface area contributed by atoms with Crippen molar-refractivity contribution >= 4 is 11.8 Å². The first-order valence-electron chi connectivity index (χ1n) is 16.9. The maximum Gasteiger partial charge on any atom is 0.0701 e. The zero-order chi connectivity index (χ0) is 33.3. The van der Waals surface area contributed by atoms with Crippen molar-refractivity contribution in [3.8, 4) is 11.1 Å². The predicted molar refractivity (Wildman–Crippen MR) is 207 cm³/mol. The lowest BCUT2D eigenvalue weighted by molar-refractivity contribution is 0.745. The Morgan fingerprint density at radius 1 is 0.469 bits per heavy atom. The van der Waals surface area contributed by atoms with Gasteiger partial charge in [0.1, 0.15) is 0 Å². The first-order chi connectivity index (χ1) is 24.2. The molecule has 0 spiro atoms. The van der Waals surface area contributed by atoms with Gasteiger partial charge in [0.15, 0.2) is 0 Å². The molecule has 0 aliphatic heterocycles. The molecule has 0 saturated carbocycles. The lowest BCUT2D eigenvalue weighted by atomic mass is 9.65. The molecule has 0 aliphatic rings. The molecule has 0 heterocycles. The number of hydrogen-bond donors (Lipinski definition) is 0. The summed E-state index contributed by atoms with van der Waals surface area (Å²) < 4.78 is 0. The highest BCUT2D eigenvalue weighted by atomic mass is 14.7. The lowest BCUT2D eigenvalue weighted by Gasteiger charge is -2.37. The third-order valence-electron chi connectivity index (χ3n) is 9.24. The van der Waals surface area contributed by atoms with Gasteiger partial charge in [-0.05, 0) is 63.1 Å². The number of hydrogen-bond acceptors (Lipinski definition) is 1. The Labute approximate surface area is 290 Å². The van der Waals surface area contributed by atoms with Gasteiger partial charge in [0.25, 0.3) is 0 Å². The van der Waals surface area contributed by atoms with Crippen molar-refractivity contribution in [2.24, 2.45) is 4.99 Å². The highest BCUT2D eigenvalue weighted by molar-refractivity contribution is 6.10. The fourth-order valence-corrected chi connectivity index (χ4v) is 6.66. The molecule has 0 N–H and O–H groups in total. The normalized spacial score (nSPS) is 11.9. The van der Waals surface area contributed by atoms with E-state index in [0.717, 1.165) is 16.8 Å². The SMILES string of the molecule is Cc1ccc(-c2ccc(C/N=C(\C=C\c3ccccc3)c3ccc(C(c4ccccc4)(c4ccccc4)c4ccccc4)cc3)cc2)cc1. The van der Waals surface area contributed by atoms with Crippen LogP contribution in [0.15, 0.2) is 205 Å². The Bertz CT molecular complexity index is 2030. The standard InChI is InChI=1S/C48H39N/c1-37-22-27-40(28-23-37)41-29-24-39(25-30-41)36-49-47(35-26-38-14-6-2-7-15-38)42-31-33-46(34-32-42)48(43-16-8-3-9-17-43,44-18-10-4-11-19-44)45-20-12-5-13-21-45/h2-35H,36H2,1H3/b35-26+,49-47+. The van der Waals surface area contributed by atoms with Crippen LogP contribution < -0.4 is 0 Å². The van der Waals surface area contributed by atoms with Crippen LogP contribution in [0.1, 0.15) is 44.5 Å². The fourth-order valence-electron chi connectivity index (χ4n) is 6.66. The van der Waals surface area contributed by atoms with Crippen molar-refractivity contribution in [3.05, 3.63) is 245 Å². The number of benzene rings is 7. The van der Waals surface area contributed by atoms with Gasteiger partial charge in [-0.15, -0.1) is 0 Å².